The molecule has 0 aliphatic carbocycles. The molecular formula is C21H22N2O4. The first kappa shape index (κ1) is 18.6. The van der Waals surface area contributed by atoms with Crippen molar-refractivity contribution in [2.24, 2.45) is 0 Å². The number of benzene rings is 2. The van der Waals surface area contributed by atoms with Crippen LogP contribution >= 0.6 is 0 Å². The summed E-state index contributed by atoms with van der Waals surface area (Å²) in [4.78, 5) is 38.2. The molecule has 2 aromatic carbocycles. The van der Waals surface area contributed by atoms with Crippen molar-refractivity contribution in [2.45, 2.75) is 26.2 Å². The SMILES string of the molecule is CCOC(=O)c1ccc(NC(=O)CC(=O)N2CCCc3ccccc32)cc1. The topological polar surface area (TPSA) is 75.7 Å². The van der Waals surface area contributed by atoms with Crippen LogP contribution in [0.3, 0.4) is 0 Å². The zero-order valence-electron chi connectivity index (χ0n) is 15.2. The Morgan fingerprint density at radius 1 is 1.07 bits per heavy atom. The Bertz CT molecular complexity index is 846. The number of ether oxygens (including phenoxy) is 1. The Kier molecular flexibility index (Phi) is 5.86. The molecule has 6 nitrogen and oxygen atoms in total. The summed E-state index contributed by atoms with van der Waals surface area (Å²) in [5, 5.41) is 2.70. The molecule has 0 aromatic heterocycles. The Morgan fingerprint density at radius 2 is 1.81 bits per heavy atom. The van der Waals surface area contributed by atoms with Crippen LogP contribution in [0, 0.1) is 0 Å². The summed E-state index contributed by atoms with van der Waals surface area (Å²) < 4.78 is 4.92. The van der Waals surface area contributed by atoms with Gasteiger partial charge in [-0.3, -0.25) is 9.59 Å². The van der Waals surface area contributed by atoms with Gasteiger partial charge in [0.2, 0.25) is 11.8 Å². The fourth-order valence-electron chi connectivity index (χ4n) is 3.13. The van der Waals surface area contributed by atoms with Gasteiger partial charge in [0.15, 0.2) is 0 Å². The lowest BCUT2D eigenvalue weighted by molar-refractivity contribution is -0.125. The van der Waals surface area contributed by atoms with E-state index in [0.717, 1.165) is 24.1 Å². The van der Waals surface area contributed by atoms with Crippen LogP contribution in [0.2, 0.25) is 0 Å². The van der Waals surface area contributed by atoms with Crippen LogP contribution in [0.4, 0.5) is 11.4 Å². The number of hydrogen-bond acceptors (Lipinski definition) is 4. The quantitative estimate of drug-likeness (QED) is 0.651. The minimum atomic E-state index is -0.408. The summed E-state index contributed by atoms with van der Waals surface area (Å²) in [6.45, 7) is 2.67. The van der Waals surface area contributed by atoms with Gasteiger partial charge in [0, 0.05) is 17.9 Å². The highest BCUT2D eigenvalue weighted by Gasteiger charge is 2.23. The molecular weight excluding hydrogens is 344 g/mol. The molecule has 6 heteroatoms. The monoisotopic (exact) mass is 366 g/mol. The molecule has 1 N–H and O–H groups in total. The second kappa shape index (κ2) is 8.49. The van der Waals surface area contributed by atoms with Crippen LogP contribution in [-0.4, -0.2) is 30.9 Å². The third-order valence-electron chi connectivity index (χ3n) is 4.40. The standard InChI is InChI=1S/C21H22N2O4/c1-2-27-21(26)16-9-11-17(12-10-16)22-19(24)14-20(25)23-13-5-7-15-6-3-4-8-18(15)23/h3-4,6,8-12H,2,5,7,13-14H2,1H3,(H,22,24). The predicted octanol–water partition coefficient (Wildman–Crippen LogP) is 3.17. The lowest BCUT2D eigenvalue weighted by Gasteiger charge is -2.29. The number of amides is 2. The smallest absolute Gasteiger partial charge is 0.338 e. The molecule has 1 aliphatic rings. The van der Waals surface area contributed by atoms with Crippen LogP contribution in [0.15, 0.2) is 48.5 Å². The lowest BCUT2D eigenvalue weighted by Crippen LogP contribution is -2.37. The van der Waals surface area contributed by atoms with Gasteiger partial charge in [-0.05, 0) is 55.7 Å². The molecule has 3 rings (SSSR count). The molecule has 1 aliphatic heterocycles. The highest BCUT2D eigenvalue weighted by atomic mass is 16.5. The van der Waals surface area contributed by atoms with Gasteiger partial charge >= 0.3 is 5.97 Å². The third-order valence-corrected chi connectivity index (χ3v) is 4.40. The highest BCUT2D eigenvalue weighted by Crippen LogP contribution is 2.27. The molecule has 2 aromatic rings. The number of esters is 1. The van der Waals surface area contributed by atoms with Gasteiger partial charge in [-0.25, -0.2) is 4.79 Å². The van der Waals surface area contributed by atoms with Gasteiger partial charge in [-0.15, -0.1) is 0 Å². The van der Waals surface area contributed by atoms with Crippen molar-refractivity contribution in [2.75, 3.05) is 23.4 Å². The van der Waals surface area contributed by atoms with E-state index in [1.807, 2.05) is 24.3 Å². The summed E-state index contributed by atoms with van der Waals surface area (Å²) in [5.74, 6) is -1.01. The first-order valence-electron chi connectivity index (χ1n) is 9.04. The second-order valence-corrected chi connectivity index (χ2v) is 6.30. The predicted molar refractivity (Wildman–Crippen MR) is 103 cm³/mol. The number of carbonyl (C=O) groups excluding carboxylic acids is 3. The number of rotatable bonds is 5. The third kappa shape index (κ3) is 4.53. The van der Waals surface area contributed by atoms with E-state index in [0.29, 0.717) is 24.4 Å². The number of hydrogen-bond donors (Lipinski definition) is 1. The van der Waals surface area contributed by atoms with Crippen molar-refractivity contribution >= 4 is 29.2 Å². The number of fused-ring (bicyclic) bond motifs is 1. The Balaban J connectivity index is 1.60. The van der Waals surface area contributed by atoms with Crippen molar-refractivity contribution in [3.8, 4) is 0 Å². The largest absolute Gasteiger partial charge is 0.462 e. The Labute approximate surface area is 158 Å². The minimum Gasteiger partial charge on any atom is -0.462 e. The van der Waals surface area contributed by atoms with Gasteiger partial charge in [0.25, 0.3) is 0 Å². The maximum absolute atomic E-state index is 12.6. The van der Waals surface area contributed by atoms with E-state index < -0.39 is 5.97 Å². The highest BCUT2D eigenvalue weighted by molar-refractivity contribution is 6.09. The van der Waals surface area contributed by atoms with Crippen LogP contribution in [0.25, 0.3) is 0 Å². The van der Waals surface area contributed by atoms with E-state index in [1.54, 1.807) is 36.1 Å². The van der Waals surface area contributed by atoms with Crippen molar-refractivity contribution in [3.63, 3.8) is 0 Å². The fraction of sp³-hybridized carbons (Fsp3) is 0.286. The molecule has 0 unspecified atom stereocenters. The molecule has 0 radical (unpaired) electrons. The van der Waals surface area contributed by atoms with Gasteiger partial charge in [-0.2, -0.15) is 0 Å². The lowest BCUT2D eigenvalue weighted by atomic mass is 10.0. The van der Waals surface area contributed by atoms with Crippen LogP contribution < -0.4 is 10.2 Å². The van der Waals surface area contributed by atoms with Crippen LogP contribution in [0.5, 0.6) is 0 Å². The van der Waals surface area contributed by atoms with E-state index in [2.05, 4.69) is 5.32 Å². The van der Waals surface area contributed by atoms with Crippen LogP contribution in [0.1, 0.15) is 35.7 Å². The molecule has 0 bridgehead atoms. The van der Waals surface area contributed by atoms with Gasteiger partial charge in [-0.1, -0.05) is 18.2 Å². The van der Waals surface area contributed by atoms with E-state index in [-0.39, 0.29) is 18.2 Å². The normalized spacial score (nSPS) is 12.9. The Morgan fingerprint density at radius 3 is 2.56 bits per heavy atom. The zero-order chi connectivity index (χ0) is 19.2. The number of para-hydroxylation sites is 1. The van der Waals surface area contributed by atoms with Gasteiger partial charge in [0.1, 0.15) is 6.42 Å². The summed E-state index contributed by atoms with van der Waals surface area (Å²) in [6.07, 6.45) is 1.60. The molecule has 27 heavy (non-hydrogen) atoms. The number of anilines is 2. The Hall–Kier alpha value is -3.15. The van der Waals surface area contributed by atoms with Gasteiger partial charge in [0.05, 0.1) is 12.2 Å². The molecule has 0 saturated heterocycles. The maximum atomic E-state index is 12.6. The molecule has 0 saturated carbocycles. The number of carbonyl (C=O) groups is 3. The summed E-state index contributed by atoms with van der Waals surface area (Å²) >= 11 is 0. The minimum absolute atomic E-state index is 0.220. The fourth-order valence-corrected chi connectivity index (χ4v) is 3.13. The van der Waals surface area contributed by atoms with Crippen molar-refractivity contribution in [1.29, 1.82) is 0 Å². The van der Waals surface area contributed by atoms with E-state index in [4.69, 9.17) is 4.74 Å². The average Bonchev–Trinajstić information content (AvgIpc) is 2.68. The summed E-state index contributed by atoms with van der Waals surface area (Å²) in [5.41, 5.74) is 2.96. The van der Waals surface area contributed by atoms with Gasteiger partial charge < -0.3 is 15.0 Å². The maximum Gasteiger partial charge on any atom is 0.338 e. The van der Waals surface area contributed by atoms with E-state index >= 15 is 0 Å². The second-order valence-electron chi connectivity index (χ2n) is 6.30. The van der Waals surface area contributed by atoms with E-state index in [1.165, 1.54) is 0 Å². The van der Waals surface area contributed by atoms with Crippen LogP contribution in [-0.2, 0) is 20.7 Å². The average molecular weight is 366 g/mol. The molecule has 0 spiro atoms. The van der Waals surface area contributed by atoms with Crippen molar-refractivity contribution < 1.29 is 19.1 Å². The van der Waals surface area contributed by atoms with E-state index in [9.17, 15) is 14.4 Å². The number of aryl methyl sites for hydroxylation is 1. The zero-order valence-corrected chi connectivity index (χ0v) is 15.2. The van der Waals surface area contributed by atoms with Crippen molar-refractivity contribution in [3.05, 3.63) is 59.7 Å². The summed E-state index contributed by atoms with van der Waals surface area (Å²) in [6, 6.07) is 14.2. The molecule has 2 amide bonds. The summed E-state index contributed by atoms with van der Waals surface area (Å²) in [7, 11) is 0. The number of nitrogens with zero attached hydrogens (tertiary/aromatic N) is 1. The first-order chi connectivity index (χ1) is 13.1. The molecule has 140 valence electrons. The molecule has 1 heterocycles. The molecule has 0 fully saturated rings. The van der Waals surface area contributed by atoms with Crippen molar-refractivity contribution in [1.82, 2.24) is 0 Å². The first-order valence-corrected chi connectivity index (χ1v) is 9.04. The molecule has 0 atom stereocenters. The number of nitrogens with one attached hydrogen (secondary N) is 1.